The highest BCUT2D eigenvalue weighted by atomic mass is 32.1. The summed E-state index contributed by atoms with van der Waals surface area (Å²) in [6, 6.07) is 10.1. The van der Waals surface area contributed by atoms with Crippen molar-refractivity contribution in [1.29, 1.82) is 0 Å². The minimum Gasteiger partial charge on any atom is -0.493 e. The third-order valence-electron chi connectivity index (χ3n) is 4.77. The summed E-state index contributed by atoms with van der Waals surface area (Å²) in [5.41, 5.74) is 5.96. The molecule has 0 fully saturated rings. The van der Waals surface area contributed by atoms with Crippen molar-refractivity contribution in [2.75, 3.05) is 18.5 Å². The van der Waals surface area contributed by atoms with Crippen LogP contribution in [0.25, 0.3) is 21.8 Å². The molecule has 0 unspecified atom stereocenters. The fourth-order valence-electron chi connectivity index (χ4n) is 3.41. The number of carbonyl (C=O) groups excluding carboxylic acids is 1. The molecule has 3 aromatic rings. The molecule has 2 aromatic carbocycles. The Hall–Kier alpha value is -2.86. The molecule has 6 heteroatoms. The molecule has 1 amide bonds. The molecule has 0 saturated carbocycles. The Kier molecular flexibility index (Phi) is 3.46. The minimum atomic E-state index is -0.128. The number of amides is 1. The quantitative estimate of drug-likeness (QED) is 0.745. The summed E-state index contributed by atoms with van der Waals surface area (Å²) in [5.74, 6) is 1.56. The molecule has 0 spiro atoms. The van der Waals surface area contributed by atoms with Gasteiger partial charge in [0, 0.05) is 22.9 Å². The van der Waals surface area contributed by atoms with Gasteiger partial charge in [-0.05, 0) is 48.4 Å². The van der Waals surface area contributed by atoms with Gasteiger partial charge in [-0.3, -0.25) is 4.79 Å². The number of anilines is 1. The zero-order valence-electron chi connectivity index (χ0n) is 14.2. The van der Waals surface area contributed by atoms with Crippen molar-refractivity contribution in [2.24, 2.45) is 0 Å². The van der Waals surface area contributed by atoms with E-state index in [-0.39, 0.29) is 12.5 Å². The van der Waals surface area contributed by atoms with Crippen molar-refractivity contribution in [3.8, 4) is 33.3 Å². The van der Waals surface area contributed by atoms with Gasteiger partial charge >= 0.3 is 0 Å². The lowest BCUT2D eigenvalue weighted by atomic mass is 10.0. The summed E-state index contributed by atoms with van der Waals surface area (Å²) in [6.07, 6.45) is 0.949. The second kappa shape index (κ2) is 5.85. The predicted octanol–water partition coefficient (Wildman–Crippen LogP) is 4.05. The zero-order valence-corrected chi connectivity index (χ0v) is 15.0. The number of rotatable bonds is 2. The van der Waals surface area contributed by atoms with E-state index in [9.17, 15) is 4.79 Å². The first-order valence-corrected chi connectivity index (χ1v) is 9.35. The van der Waals surface area contributed by atoms with Gasteiger partial charge in [0.05, 0.1) is 18.0 Å². The van der Waals surface area contributed by atoms with Crippen LogP contribution in [-0.2, 0) is 11.2 Å². The molecule has 0 bridgehead atoms. The third kappa shape index (κ3) is 2.45. The van der Waals surface area contributed by atoms with E-state index in [0.717, 1.165) is 51.9 Å². The molecule has 2 aliphatic heterocycles. The number of benzene rings is 2. The van der Waals surface area contributed by atoms with Crippen LogP contribution in [-0.4, -0.2) is 24.1 Å². The normalized spacial score (nSPS) is 14.9. The van der Waals surface area contributed by atoms with Gasteiger partial charge in [0.15, 0.2) is 6.61 Å². The first-order valence-electron chi connectivity index (χ1n) is 8.47. The number of thiazole rings is 1. The van der Waals surface area contributed by atoms with Crippen molar-refractivity contribution in [1.82, 2.24) is 4.98 Å². The summed E-state index contributed by atoms with van der Waals surface area (Å²) < 4.78 is 11.1. The number of ether oxygens (including phenoxy) is 2. The van der Waals surface area contributed by atoms with Crippen LogP contribution in [0.2, 0.25) is 0 Å². The molecule has 3 heterocycles. The van der Waals surface area contributed by atoms with Gasteiger partial charge in [0.2, 0.25) is 0 Å². The van der Waals surface area contributed by atoms with Gasteiger partial charge in [-0.2, -0.15) is 0 Å². The lowest BCUT2D eigenvalue weighted by molar-refractivity contribution is -0.118. The van der Waals surface area contributed by atoms with E-state index in [1.165, 1.54) is 5.56 Å². The number of hydrogen-bond acceptors (Lipinski definition) is 5. The molecule has 1 aromatic heterocycles. The summed E-state index contributed by atoms with van der Waals surface area (Å²) in [7, 11) is 0. The summed E-state index contributed by atoms with van der Waals surface area (Å²) in [5, 5.41) is 5.94. The van der Waals surface area contributed by atoms with E-state index in [1.807, 2.05) is 25.1 Å². The molecule has 0 radical (unpaired) electrons. The van der Waals surface area contributed by atoms with Crippen LogP contribution in [0.15, 0.2) is 35.7 Å². The highest BCUT2D eigenvalue weighted by Gasteiger charge is 2.21. The molecule has 5 rings (SSSR count). The number of aromatic nitrogens is 1. The molecule has 0 saturated heterocycles. The maximum absolute atomic E-state index is 11.6. The van der Waals surface area contributed by atoms with Crippen LogP contribution in [0.1, 0.15) is 11.1 Å². The van der Waals surface area contributed by atoms with E-state index >= 15 is 0 Å². The van der Waals surface area contributed by atoms with Crippen LogP contribution in [0.4, 0.5) is 5.69 Å². The van der Waals surface area contributed by atoms with E-state index in [4.69, 9.17) is 14.5 Å². The van der Waals surface area contributed by atoms with Crippen molar-refractivity contribution in [2.45, 2.75) is 13.3 Å². The average molecular weight is 364 g/mol. The topological polar surface area (TPSA) is 60.5 Å². The monoisotopic (exact) mass is 364 g/mol. The van der Waals surface area contributed by atoms with Crippen LogP contribution in [0.5, 0.6) is 11.5 Å². The highest BCUT2D eigenvalue weighted by molar-refractivity contribution is 7.13. The van der Waals surface area contributed by atoms with E-state index in [0.29, 0.717) is 5.75 Å². The molecule has 0 aliphatic carbocycles. The van der Waals surface area contributed by atoms with E-state index in [1.54, 1.807) is 11.3 Å². The first-order chi connectivity index (χ1) is 12.7. The SMILES string of the molecule is Cc1c(-c2csc(-c3ccc4c(c3)CCO4)n2)ccc2c1NC(=O)CO2. The van der Waals surface area contributed by atoms with Crippen molar-refractivity contribution in [3.05, 3.63) is 46.8 Å². The lowest BCUT2D eigenvalue weighted by Gasteiger charge is -2.21. The molecule has 130 valence electrons. The standard InChI is InChI=1S/C20H16N2O3S/c1-11-14(3-5-17-19(11)22-18(23)9-25-17)15-10-26-20(21-15)13-2-4-16-12(8-13)6-7-24-16/h2-5,8,10H,6-7,9H2,1H3,(H,22,23). The zero-order chi connectivity index (χ0) is 17.7. The van der Waals surface area contributed by atoms with Gasteiger partial charge in [-0.25, -0.2) is 4.98 Å². The van der Waals surface area contributed by atoms with Gasteiger partial charge in [0.25, 0.3) is 5.91 Å². The number of carbonyl (C=O) groups is 1. The largest absolute Gasteiger partial charge is 0.493 e. The Labute approximate surface area is 154 Å². The smallest absolute Gasteiger partial charge is 0.262 e. The van der Waals surface area contributed by atoms with Crippen molar-refractivity contribution >= 4 is 22.9 Å². The number of nitrogens with one attached hydrogen (secondary N) is 1. The van der Waals surface area contributed by atoms with Crippen molar-refractivity contribution in [3.63, 3.8) is 0 Å². The second-order valence-corrected chi connectivity index (χ2v) is 7.27. The number of nitrogens with zero attached hydrogens (tertiary/aromatic N) is 1. The molecule has 5 nitrogen and oxygen atoms in total. The Morgan fingerprint density at radius 2 is 2.04 bits per heavy atom. The Bertz CT molecular complexity index is 1040. The number of fused-ring (bicyclic) bond motifs is 2. The van der Waals surface area contributed by atoms with E-state index < -0.39 is 0 Å². The van der Waals surface area contributed by atoms with Gasteiger partial charge in [-0.15, -0.1) is 11.3 Å². The van der Waals surface area contributed by atoms with Crippen LogP contribution < -0.4 is 14.8 Å². The lowest BCUT2D eigenvalue weighted by Crippen LogP contribution is -2.26. The molecular formula is C20H16N2O3S. The first kappa shape index (κ1) is 15.4. The summed E-state index contributed by atoms with van der Waals surface area (Å²) in [6.45, 7) is 2.80. The fraction of sp³-hybridized carbons (Fsp3) is 0.200. The molecular weight excluding hydrogens is 348 g/mol. The number of hydrogen-bond donors (Lipinski definition) is 1. The minimum absolute atomic E-state index is 0.0642. The third-order valence-corrected chi connectivity index (χ3v) is 5.66. The maximum atomic E-state index is 11.6. The van der Waals surface area contributed by atoms with Gasteiger partial charge in [-0.1, -0.05) is 0 Å². The highest BCUT2D eigenvalue weighted by Crippen LogP contribution is 2.39. The van der Waals surface area contributed by atoms with Crippen molar-refractivity contribution < 1.29 is 14.3 Å². The van der Waals surface area contributed by atoms with E-state index in [2.05, 4.69) is 22.8 Å². The molecule has 2 aliphatic rings. The second-order valence-electron chi connectivity index (χ2n) is 6.41. The van der Waals surface area contributed by atoms with Crippen LogP contribution in [0.3, 0.4) is 0 Å². The predicted molar refractivity (Wildman–Crippen MR) is 101 cm³/mol. The van der Waals surface area contributed by atoms with Gasteiger partial charge < -0.3 is 14.8 Å². The van der Waals surface area contributed by atoms with Gasteiger partial charge in [0.1, 0.15) is 16.5 Å². The Morgan fingerprint density at radius 3 is 2.96 bits per heavy atom. The fourth-order valence-corrected chi connectivity index (χ4v) is 4.23. The molecule has 0 atom stereocenters. The van der Waals surface area contributed by atoms with Crippen LogP contribution in [0, 0.1) is 6.92 Å². The molecule has 26 heavy (non-hydrogen) atoms. The summed E-state index contributed by atoms with van der Waals surface area (Å²) in [4.78, 5) is 16.5. The van der Waals surface area contributed by atoms with Crippen LogP contribution >= 0.6 is 11.3 Å². The molecule has 1 N–H and O–H groups in total. The Balaban J connectivity index is 1.53. The average Bonchev–Trinajstić information content (AvgIpc) is 3.31. The maximum Gasteiger partial charge on any atom is 0.262 e. The summed E-state index contributed by atoms with van der Waals surface area (Å²) >= 11 is 1.62. The Morgan fingerprint density at radius 1 is 1.15 bits per heavy atom.